The summed E-state index contributed by atoms with van der Waals surface area (Å²) in [5.74, 6) is 0. The minimum atomic E-state index is -0.400. The second-order valence-corrected chi connectivity index (χ2v) is 4.95. The zero-order chi connectivity index (χ0) is 13.4. The molecular formula is C17H14N2O. The van der Waals surface area contributed by atoms with E-state index >= 15 is 0 Å². The van der Waals surface area contributed by atoms with Crippen LogP contribution in [0.5, 0.6) is 0 Å². The number of hydrogen-bond acceptors (Lipinski definition) is 2. The lowest BCUT2D eigenvalue weighted by atomic mass is 9.90. The van der Waals surface area contributed by atoms with Gasteiger partial charge in [0.1, 0.15) is 0 Å². The Morgan fingerprint density at radius 1 is 0.900 bits per heavy atom. The van der Waals surface area contributed by atoms with Crippen LogP contribution in [0, 0.1) is 0 Å². The Kier molecular flexibility index (Phi) is 2.47. The van der Waals surface area contributed by atoms with Gasteiger partial charge in [0, 0.05) is 12.4 Å². The van der Waals surface area contributed by atoms with E-state index in [0.29, 0.717) is 0 Å². The third-order valence-electron chi connectivity index (χ3n) is 3.79. The number of benzene rings is 2. The van der Waals surface area contributed by atoms with Gasteiger partial charge in [-0.25, -0.2) is 4.98 Å². The van der Waals surface area contributed by atoms with Crippen molar-refractivity contribution in [2.24, 2.45) is 0 Å². The number of hydrogen-bond donors (Lipinski definition) is 0. The molecule has 2 heterocycles. The monoisotopic (exact) mass is 262 g/mol. The standard InChI is InChI=1S/C17H14N2O/c1-3-7-14(8-4-1)17(15-9-5-2-6-10-15)16(20-17)19-12-11-18-13-19/h1-13,16H. The maximum absolute atomic E-state index is 6.14. The lowest BCUT2D eigenvalue weighted by Crippen LogP contribution is -2.14. The topological polar surface area (TPSA) is 30.4 Å². The highest BCUT2D eigenvalue weighted by atomic mass is 16.6. The maximum Gasteiger partial charge on any atom is 0.174 e. The fourth-order valence-corrected chi connectivity index (χ4v) is 2.78. The molecule has 1 atom stereocenters. The first kappa shape index (κ1) is 11.4. The minimum absolute atomic E-state index is 0.0326. The van der Waals surface area contributed by atoms with Crippen molar-refractivity contribution < 1.29 is 4.74 Å². The summed E-state index contributed by atoms with van der Waals surface area (Å²) in [5.41, 5.74) is 1.94. The average molecular weight is 262 g/mol. The molecule has 0 radical (unpaired) electrons. The molecule has 1 aliphatic rings. The van der Waals surface area contributed by atoms with Gasteiger partial charge in [0.05, 0.1) is 6.33 Å². The molecule has 98 valence electrons. The SMILES string of the molecule is c1ccc(C2(c3ccccc3)OC2n2ccnc2)cc1. The Morgan fingerprint density at radius 3 is 2.00 bits per heavy atom. The summed E-state index contributed by atoms with van der Waals surface area (Å²) in [7, 11) is 0. The van der Waals surface area contributed by atoms with Crippen LogP contribution in [0.4, 0.5) is 0 Å². The van der Waals surface area contributed by atoms with E-state index in [1.807, 2.05) is 47.2 Å². The van der Waals surface area contributed by atoms with Gasteiger partial charge in [-0.05, 0) is 11.1 Å². The Labute approximate surface area is 117 Å². The summed E-state index contributed by atoms with van der Waals surface area (Å²) in [5, 5.41) is 0. The van der Waals surface area contributed by atoms with E-state index < -0.39 is 5.60 Å². The molecule has 20 heavy (non-hydrogen) atoms. The van der Waals surface area contributed by atoms with Crippen LogP contribution in [0.1, 0.15) is 17.4 Å². The maximum atomic E-state index is 6.14. The molecule has 0 N–H and O–H groups in total. The highest BCUT2D eigenvalue weighted by molar-refractivity contribution is 5.41. The second kappa shape index (κ2) is 4.32. The highest BCUT2D eigenvalue weighted by Crippen LogP contribution is 2.58. The van der Waals surface area contributed by atoms with Crippen molar-refractivity contribution in [3.63, 3.8) is 0 Å². The van der Waals surface area contributed by atoms with Gasteiger partial charge in [-0.2, -0.15) is 0 Å². The van der Waals surface area contributed by atoms with Crippen LogP contribution in [0.15, 0.2) is 79.4 Å². The van der Waals surface area contributed by atoms with Gasteiger partial charge < -0.3 is 9.30 Å². The van der Waals surface area contributed by atoms with Crippen LogP contribution in [0.25, 0.3) is 0 Å². The second-order valence-electron chi connectivity index (χ2n) is 4.95. The van der Waals surface area contributed by atoms with E-state index in [4.69, 9.17) is 4.74 Å². The van der Waals surface area contributed by atoms with E-state index in [-0.39, 0.29) is 6.23 Å². The van der Waals surface area contributed by atoms with Gasteiger partial charge in [-0.1, -0.05) is 60.7 Å². The zero-order valence-electron chi connectivity index (χ0n) is 10.9. The van der Waals surface area contributed by atoms with Crippen LogP contribution < -0.4 is 0 Å². The highest BCUT2D eigenvalue weighted by Gasteiger charge is 2.60. The van der Waals surface area contributed by atoms with Crippen LogP contribution in [-0.4, -0.2) is 9.55 Å². The molecule has 0 spiro atoms. The lowest BCUT2D eigenvalue weighted by Gasteiger charge is -2.14. The third kappa shape index (κ3) is 1.60. The molecule has 1 saturated heterocycles. The predicted octanol–water partition coefficient (Wildman–Crippen LogP) is 3.36. The van der Waals surface area contributed by atoms with Crippen molar-refractivity contribution in [1.29, 1.82) is 0 Å². The molecule has 3 aromatic rings. The van der Waals surface area contributed by atoms with E-state index in [9.17, 15) is 0 Å². The van der Waals surface area contributed by atoms with E-state index in [2.05, 4.69) is 29.2 Å². The Bertz CT molecular complexity index is 653. The smallest absolute Gasteiger partial charge is 0.174 e. The van der Waals surface area contributed by atoms with Gasteiger partial charge in [-0.15, -0.1) is 0 Å². The molecule has 1 aliphatic heterocycles. The number of imidazole rings is 1. The molecule has 2 aromatic carbocycles. The molecule has 0 amide bonds. The number of ether oxygens (including phenoxy) is 1. The summed E-state index contributed by atoms with van der Waals surface area (Å²) < 4.78 is 8.16. The van der Waals surface area contributed by atoms with Crippen LogP contribution >= 0.6 is 0 Å². The van der Waals surface area contributed by atoms with Gasteiger partial charge in [0.15, 0.2) is 11.8 Å². The van der Waals surface area contributed by atoms with Crippen molar-refractivity contribution >= 4 is 0 Å². The molecule has 3 nitrogen and oxygen atoms in total. The van der Waals surface area contributed by atoms with Crippen molar-refractivity contribution in [2.45, 2.75) is 11.8 Å². The van der Waals surface area contributed by atoms with Crippen molar-refractivity contribution in [1.82, 2.24) is 9.55 Å². The predicted molar refractivity (Wildman–Crippen MR) is 76.0 cm³/mol. The van der Waals surface area contributed by atoms with Crippen molar-refractivity contribution in [3.8, 4) is 0 Å². The van der Waals surface area contributed by atoms with E-state index in [0.717, 1.165) is 0 Å². The minimum Gasteiger partial charge on any atom is -0.333 e. The fourth-order valence-electron chi connectivity index (χ4n) is 2.78. The molecule has 0 bridgehead atoms. The summed E-state index contributed by atoms with van der Waals surface area (Å²) in [6.07, 6.45) is 5.49. The molecule has 3 heteroatoms. The average Bonchev–Trinajstić information content (AvgIpc) is 3.06. The van der Waals surface area contributed by atoms with Gasteiger partial charge >= 0.3 is 0 Å². The quantitative estimate of drug-likeness (QED) is 0.678. The number of nitrogens with zero attached hydrogens (tertiary/aromatic N) is 2. The molecule has 4 rings (SSSR count). The first-order chi connectivity index (χ1) is 9.91. The van der Waals surface area contributed by atoms with E-state index in [1.54, 1.807) is 12.5 Å². The molecule has 1 fully saturated rings. The number of rotatable bonds is 3. The van der Waals surface area contributed by atoms with Crippen molar-refractivity contribution in [3.05, 3.63) is 90.5 Å². The van der Waals surface area contributed by atoms with E-state index in [1.165, 1.54) is 11.1 Å². The van der Waals surface area contributed by atoms with Crippen LogP contribution in [0.2, 0.25) is 0 Å². The molecule has 0 aliphatic carbocycles. The van der Waals surface area contributed by atoms with Crippen LogP contribution in [-0.2, 0) is 10.3 Å². The molecular weight excluding hydrogens is 248 g/mol. The van der Waals surface area contributed by atoms with Gasteiger partial charge in [0.25, 0.3) is 0 Å². The van der Waals surface area contributed by atoms with Crippen LogP contribution in [0.3, 0.4) is 0 Å². The third-order valence-corrected chi connectivity index (χ3v) is 3.79. The van der Waals surface area contributed by atoms with Crippen molar-refractivity contribution in [2.75, 3.05) is 0 Å². The summed E-state index contributed by atoms with van der Waals surface area (Å²) in [6.45, 7) is 0. The first-order valence-corrected chi connectivity index (χ1v) is 6.67. The molecule has 1 unspecified atom stereocenters. The van der Waals surface area contributed by atoms with Gasteiger partial charge in [-0.3, -0.25) is 0 Å². The largest absolute Gasteiger partial charge is 0.333 e. The fraction of sp³-hybridized carbons (Fsp3) is 0.118. The number of epoxide rings is 1. The first-order valence-electron chi connectivity index (χ1n) is 6.67. The zero-order valence-corrected chi connectivity index (χ0v) is 10.9. The Hall–Kier alpha value is -2.39. The Morgan fingerprint density at radius 2 is 1.50 bits per heavy atom. The lowest BCUT2D eigenvalue weighted by molar-refractivity contribution is 0.304. The summed E-state index contributed by atoms with van der Waals surface area (Å²) >= 11 is 0. The Balaban J connectivity index is 1.84. The summed E-state index contributed by atoms with van der Waals surface area (Å²) in [4.78, 5) is 4.12. The summed E-state index contributed by atoms with van der Waals surface area (Å²) in [6, 6.07) is 20.7. The number of aromatic nitrogens is 2. The van der Waals surface area contributed by atoms with Gasteiger partial charge in [0.2, 0.25) is 0 Å². The normalized spacial score (nSPS) is 19.7. The molecule has 0 saturated carbocycles. The molecule has 1 aromatic heterocycles.